The maximum absolute atomic E-state index is 11.7. The van der Waals surface area contributed by atoms with Crippen molar-refractivity contribution >= 4 is 5.78 Å². The van der Waals surface area contributed by atoms with Crippen LogP contribution in [0.25, 0.3) is 0 Å². The van der Waals surface area contributed by atoms with Gasteiger partial charge in [0.25, 0.3) is 0 Å². The van der Waals surface area contributed by atoms with E-state index in [9.17, 15) is 4.79 Å². The van der Waals surface area contributed by atoms with Crippen LogP contribution in [-0.2, 0) is 0 Å². The van der Waals surface area contributed by atoms with Gasteiger partial charge in [-0.2, -0.15) is 0 Å². The summed E-state index contributed by atoms with van der Waals surface area (Å²) >= 11 is 0. The number of carbonyl (C=O) groups is 1. The van der Waals surface area contributed by atoms with E-state index < -0.39 is 0 Å². The van der Waals surface area contributed by atoms with Crippen molar-refractivity contribution in [3.8, 4) is 0 Å². The highest BCUT2D eigenvalue weighted by Crippen LogP contribution is 2.36. The summed E-state index contributed by atoms with van der Waals surface area (Å²) in [4.78, 5) is 11.7. The summed E-state index contributed by atoms with van der Waals surface area (Å²) in [5.41, 5.74) is 2.18. The van der Waals surface area contributed by atoms with Crippen molar-refractivity contribution < 1.29 is 4.79 Å². The first-order valence-corrected chi connectivity index (χ1v) is 5.59. The van der Waals surface area contributed by atoms with E-state index in [1.54, 1.807) is 7.05 Å². The van der Waals surface area contributed by atoms with E-state index in [0.29, 0.717) is 12.5 Å². The largest absolute Gasteiger partial charge is 0.313 e. The smallest absolute Gasteiger partial charge is 0.176 e. The lowest BCUT2D eigenvalue weighted by Crippen LogP contribution is -2.19. The normalized spacial score (nSPS) is 16.1. The molecule has 2 rings (SSSR count). The van der Waals surface area contributed by atoms with Gasteiger partial charge in [0.1, 0.15) is 0 Å². The van der Waals surface area contributed by atoms with Gasteiger partial charge in [-0.3, -0.25) is 4.79 Å². The first kappa shape index (κ1) is 10.4. The van der Waals surface area contributed by atoms with Crippen molar-refractivity contribution in [2.45, 2.75) is 25.2 Å². The lowest BCUT2D eigenvalue weighted by molar-refractivity contribution is 0.0993. The van der Waals surface area contributed by atoms with Crippen LogP contribution >= 0.6 is 0 Å². The molecular formula is C13H17NO. The van der Waals surface area contributed by atoms with Gasteiger partial charge in [-0.25, -0.2) is 0 Å². The summed E-state index contributed by atoms with van der Waals surface area (Å²) in [7, 11) is 1.80. The van der Waals surface area contributed by atoms with E-state index in [1.165, 1.54) is 24.8 Å². The Balaban J connectivity index is 2.14. The fraction of sp³-hybridized carbons (Fsp3) is 0.462. The van der Waals surface area contributed by atoms with Crippen LogP contribution in [-0.4, -0.2) is 19.4 Å². The summed E-state index contributed by atoms with van der Waals surface area (Å²) in [6, 6.07) is 8.10. The fourth-order valence-electron chi connectivity index (χ4n) is 1.97. The molecule has 2 nitrogen and oxygen atoms in total. The molecule has 0 atom stereocenters. The van der Waals surface area contributed by atoms with E-state index in [1.807, 2.05) is 12.1 Å². The number of benzene rings is 1. The molecule has 1 aliphatic carbocycles. The summed E-state index contributed by atoms with van der Waals surface area (Å²) in [5.74, 6) is 0.881. The zero-order valence-corrected chi connectivity index (χ0v) is 9.12. The highest BCUT2D eigenvalue weighted by atomic mass is 16.1. The summed E-state index contributed by atoms with van der Waals surface area (Å²) < 4.78 is 0. The molecule has 1 aliphatic rings. The molecule has 15 heavy (non-hydrogen) atoms. The lowest BCUT2D eigenvalue weighted by Gasteiger charge is -2.26. The second-order valence-corrected chi connectivity index (χ2v) is 4.21. The molecule has 0 aliphatic heterocycles. The molecular weight excluding hydrogens is 186 g/mol. The van der Waals surface area contributed by atoms with Crippen LogP contribution in [0.15, 0.2) is 24.3 Å². The van der Waals surface area contributed by atoms with Crippen LogP contribution < -0.4 is 5.32 Å². The average molecular weight is 203 g/mol. The maximum atomic E-state index is 11.7. The Morgan fingerprint density at radius 1 is 1.47 bits per heavy atom. The first-order chi connectivity index (χ1) is 7.31. The van der Waals surface area contributed by atoms with E-state index in [2.05, 4.69) is 17.4 Å². The van der Waals surface area contributed by atoms with Crippen molar-refractivity contribution in [1.29, 1.82) is 0 Å². The quantitative estimate of drug-likeness (QED) is 0.761. The van der Waals surface area contributed by atoms with Gasteiger partial charge in [0.15, 0.2) is 5.78 Å². The third-order valence-electron chi connectivity index (χ3n) is 3.12. The van der Waals surface area contributed by atoms with Gasteiger partial charge in [-0.1, -0.05) is 24.6 Å². The SMILES string of the molecule is CNCC(=O)c1cccc(C2CCC2)c1. The molecule has 0 aromatic heterocycles. The molecule has 0 heterocycles. The highest BCUT2D eigenvalue weighted by Gasteiger charge is 2.19. The van der Waals surface area contributed by atoms with Crippen LogP contribution in [0, 0.1) is 0 Å². The first-order valence-electron chi connectivity index (χ1n) is 5.59. The van der Waals surface area contributed by atoms with Gasteiger partial charge >= 0.3 is 0 Å². The molecule has 0 saturated heterocycles. The van der Waals surface area contributed by atoms with Crippen LogP contribution in [0.3, 0.4) is 0 Å². The minimum atomic E-state index is 0.179. The number of rotatable bonds is 4. The Morgan fingerprint density at radius 3 is 2.87 bits per heavy atom. The lowest BCUT2D eigenvalue weighted by atomic mass is 9.79. The van der Waals surface area contributed by atoms with E-state index in [-0.39, 0.29) is 5.78 Å². The topological polar surface area (TPSA) is 29.1 Å². The maximum Gasteiger partial charge on any atom is 0.176 e. The van der Waals surface area contributed by atoms with Crippen molar-refractivity contribution in [2.75, 3.05) is 13.6 Å². The molecule has 2 heteroatoms. The highest BCUT2D eigenvalue weighted by molar-refractivity contribution is 5.97. The number of hydrogen-bond acceptors (Lipinski definition) is 2. The molecule has 1 aromatic rings. The van der Waals surface area contributed by atoms with Gasteiger partial charge in [-0.05, 0) is 37.4 Å². The Bertz CT molecular complexity index is 355. The van der Waals surface area contributed by atoms with Crippen LogP contribution in [0.2, 0.25) is 0 Å². The van der Waals surface area contributed by atoms with Crippen LogP contribution in [0.5, 0.6) is 0 Å². The number of carbonyl (C=O) groups excluding carboxylic acids is 1. The molecule has 1 fully saturated rings. The third kappa shape index (κ3) is 2.26. The predicted octanol–water partition coefficient (Wildman–Crippen LogP) is 2.36. The van der Waals surface area contributed by atoms with Gasteiger partial charge in [-0.15, -0.1) is 0 Å². The zero-order chi connectivity index (χ0) is 10.7. The Kier molecular flexibility index (Phi) is 3.17. The summed E-state index contributed by atoms with van der Waals surface area (Å²) in [6.07, 6.45) is 3.90. The van der Waals surface area contributed by atoms with Gasteiger partial charge < -0.3 is 5.32 Å². The molecule has 80 valence electrons. The van der Waals surface area contributed by atoms with Gasteiger partial charge in [0.2, 0.25) is 0 Å². The summed E-state index contributed by atoms with van der Waals surface area (Å²) in [6.45, 7) is 0.425. The van der Waals surface area contributed by atoms with Crippen LogP contribution in [0.1, 0.15) is 41.1 Å². The zero-order valence-electron chi connectivity index (χ0n) is 9.12. The average Bonchev–Trinajstić information content (AvgIpc) is 2.16. The Hall–Kier alpha value is -1.15. The Labute approximate surface area is 90.7 Å². The van der Waals surface area contributed by atoms with Crippen LogP contribution in [0.4, 0.5) is 0 Å². The number of likely N-dealkylation sites (N-methyl/N-ethyl adjacent to an activating group) is 1. The molecule has 0 radical (unpaired) electrons. The molecule has 1 saturated carbocycles. The van der Waals surface area contributed by atoms with Crippen molar-refractivity contribution in [1.82, 2.24) is 5.32 Å². The molecule has 0 spiro atoms. The summed E-state index contributed by atoms with van der Waals surface area (Å²) in [5, 5.41) is 2.89. The molecule has 1 N–H and O–H groups in total. The number of ketones is 1. The monoisotopic (exact) mass is 203 g/mol. The molecule has 1 aromatic carbocycles. The second kappa shape index (κ2) is 4.58. The van der Waals surface area contributed by atoms with E-state index in [4.69, 9.17) is 0 Å². The molecule has 0 bridgehead atoms. The Morgan fingerprint density at radius 2 is 2.27 bits per heavy atom. The fourth-order valence-corrected chi connectivity index (χ4v) is 1.97. The minimum absolute atomic E-state index is 0.179. The van der Waals surface area contributed by atoms with Crippen molar-refractivity contribution in [3.05, 3.63) is 35.4 Å². The van der Waals surface area contributed by atoms with Crippen molar-refractivity contribution in [3.63, 3.8) is 0 Å². The second-order valence-electron chi connectivity index (χ2n) is 4.21. The molecule has 0 amide bonds. The number of nitrogens with one attached hydrogen (secondary N) is 1. The number of hydrogen-bond donors (Lipinski definition) is 1. The minimum Gasteiger partial charge on any atom is -0.313 e. The predicted molar refractivity (Wildman–Crippen MR) is 61.3 cm³/mol. The third-order valence-corrected chi connectivity index (χ3v) is 3.12. The van der Waals surface area contributed by atoms with E-state index in [0.717, 1.165) is 5.56 Å². The standard InChI is InChI=1S/C13H17NO/c1-14-9-13(15)12-7-3-6-11(8-12)10-4-2-5-10/h3,6-8,10,14H,2,4-5,9H2,1H3. The van der Waals surface area contributed by atoms with Gasteiger partial charge in [0.05, 0.1) is 6.54 Å². The molecule has 0 unspecified atom stereocenters. The van der Waals surface area contributed by atoms with Crippen molar-refractivity contribution in [2.24, 2.45) is 0 Å². The van der Waals surface area contributed by atoms with E-state index >= 15 is 0 Å². The van der Waals surface area contributed by atoms with Gasteiger partial charge in [0, 0.05) is 5.56 Å². The number of Topliss-reactive ketones (excluding diaryl/α,β-unsaturated/α-hetero) is 1.